The quantitative estimate of drug-likeness (QED) is 0.854. The molecule has 2 atom stereocenters. The number of aryl methyl sites for hydroxylation is 1. The summed E-state index contributed by atoms with van der Waals surface area (Å²) in [5.74, 6) is 0.239. The Kier molecular flexibility index (Phi) is 2.98. The Hall–Kier alpha value is -1.29. The molecule has 1 aromatic rings. The third-order valence-corrected chi connectivity index (χ3v) is 4.90. The van der Waals surface area contributed by atoms with Crippen LogP contribution >= 0.6 is 0 Å². The highest BCUT2D eigenvalue weighted by Gasteiger charge is 2.38. The van der Waals surface area contributed by atoms with Gasteiger partial charge in [0.2, 0.25) is 5.91 Å². The van der Waals surface area contributed by atoms with Crippen molar-refractivity contribution in [3.8, 4) is 0 Å². The van der Waals surface area contributed by atoms with Crippen molar-refractivity contribution < 1.29 is 4.79 Å². The molecule has 2 unspecified atom stereocenters. The third-order valence-electron chi connectivity index (χ3n) is 4.90. The summed E-state index contributed by atoms with van der Waals surface area (Å²) in [6, 6.07) is 2.27. The van der Waals surface area contributed by atoms with Crippen molar-refractivity contribution in [3.05, 3.63) is 23.0 Å². The number of carbonyl (C=O) groups is 1. The maximum atomic E-state index is 12.4. The van der Waals surface area contributed by atoms with E-state index in [1.807, 2.05) is 11.9 Å². The first-order valence-corrected chi connectivity index (χ1v) is 7.51. The van der Waals surface area contributed by atoms with Gasteiger partial charge >= 0.3 is 0 Å². The third kappa shape index (κ3) is 1.97. The zero-order chi connectivity index (χ0) is 14.7. The van der Waals surface area contributed by atoms with Crippen LogP contribution in [-0.2, 0) is 11.2 Å². The number of amides is 1. The van der Waals surface area contributed by atoms with E-state index in [2.05, 4.69) is 31.4 Å². The van der Waals surface area contributed by atoms with Crippen LogP contribution in [0.1, 0.15) is 55.7 Å². The summed E-state index contributed by atoms with van der Waals surface area (Å²) in [6.07, 6.45) is 2.94. The van der Waals surface area contributed by atoms with Crippen LogP contribution in [0.2, 0.25) is 0 Å². The van der Waals surface area contributed by atoms with Crippen LogP contribution in [0.4, 0.5) is 0 Å². The summed E-state index contributed by atoms with van der Waals surface area (Å²) in [5.41, 5.74) is 10.3. The lowest BCUT2D eigenvalue weighted by atomic mass is 9.74. The summed E-state index contributed by atoms with van der Waals surface area (Å²) in [6.45, 7) is 7.49. The summed E-state index contributed by atoms with van der Waals surface area (Å²) in [5, 5.41) is 0. The minimum Gasteiger partial charge on any atom is -0.344 e. The first kappa shape index (κ1) is 13.7. The molecule has 1 saturated heterocycles. The molecule has 4 nitrogen and oxygen atoms in total. The topological polar surface area (TPSA) is 51.3 Å². The standard InChI is InChI=1S/C16H25N3O/c1-10-7-11-12(17)8-16(2,3)9-14(11)19(10)13-5-6-18(4)15(13)20/h7,12-13H,5-6,8-9,17H2,1-4H3. The molecule has 2 heterocycles. The molecule has 20 heavy (non-hydrogen) atoms. The zero-order valence-corrected chi connectivity index (χ0v) is 12.9. The SMILES string of the molecule is Cc1cc2c(n1C1CCN(C)C1=O)CC(C)(C)CC2N. The number of nitrogens with zero attached hydrogens (tertiary/aromatic N) is 2. The smallest absolute Gasteiger partial charge is 0.245 e. The predicted octanol–water partition coefficient (Wildman–Crippen LogP) is 2.17. The second-order valence-corrected chi connectivity index (χ2v) is 7.27. The van der Waals surface area contributed by atoms with Crippen molar-refractivity contribution >= 4 is 5.91 Å². The largest absolute Gasteiger partial charge is 0.344 e. The molecule has 4 heteroatoms. The number of nitrogens with two attached hydrogens (primary N) is 1. The number of likely N-dealkylation sites (tertiary alicyclic amines) is 1. The number of rotatable bonds is 1. The van der Waals surface area contributed by atoms with Gasteiger partial charge in [0.1, 0.15) is 6.04 Å². The first-order chi connectivity index (χ1) is 9.30. The lowest BCUT2D eigenvalue weighted by Gasteiger charge is -2.35. The molecule has 1 aliphatic carbocycles. The molecular weight excluding hydrogens is 250 g/mol. The monoisotopic (exact) mass is 275 g/mol. The predicted molar refractivity (Wildman–Crippen MR) is 79.5 cm³/mol. The highest BCUT2D eigenvalue weighted by Crippen LogP contribution is 2.42. The maximum Gasteiger partial charge on any atom is 0.245 e. The average molecular weight is 275 g/mol. The molecular formula is C16H25N3O. The summed E-state index contributed by atoms with van der Waals surface area (Å²) >= 11 is 0. The van der Waals surface area contributed by atoms with Gasteiger partial charge in [0.25, 0.3) is 0 Å². The molecule has 0 saturated carbocycles. The minimum atomic E-state index is -0.0233. The fourth-order valence-corrected chi connectivity index (χ4v) is 3.95. The highest BCUT2D eigenvalue weighted by molar-refractivity contribution is 5.82. The minimum absolute atomic E-state index is 0.0233. The van der Waals surface area contributed by atoms with Crippen LogP contribution in [0.5, 0.6) is 0 Å². The zero-order valence-electron chi connectivity index (χ0n) is 12.9. The van der Waals surface area contributed by atoms with Crippen LogP contribution in [0.25, 0.3) is 0 Å². The first-order valence-electron chi connectivity index (χ1n) is 7.51. The number of carbonyl (C=O) groups excluding carboxylic acids is 1. The van der Waals surface area contributed by atoms with Gasteiger partial charge in [-0.2, -0.15) is 0 Å². The van der Waals surface area contributed by atoms with Crippen LogP contribution in [0.3, 0.4) is 0 Å². The van der Waals surface area contributed by atoms with Crippen molar-refractivity contribution in [3.63, 3.8) is 0 Å². The Balaban J connectivity index is 2.07. The molecule has 0 radical (unpaired) electrons. The Morgan fingerprint density at radius 1 is 1.40 bits per heavy atom. The molecule has 2 N–H and O–H groups in total. The molecule has 0 spiro atoms. The van der Waals surface area contributed by atoms with Crippen LogP contribution in [0, 0.1) is 12.3 Å². The molecule has 0 bridgehead atoms. The van der Waals surface area contributed by atoms with E-state index in [4.69, 9.17) is 5.73 Å². The summed E-state index contributed by atoms with van der Waals surface area (Å²) in [4.78, 5) is 14.2. The van der Waals surface area contributed by atoms with Crippen molar-refractivity contribution in [2.75, 3.05) is 13.6 Å². The van der Waals surface area contributed by atoms with E-state index in [9.17, 15) is 4.79 Å². The van der Waals surface area contributed by atoms with E-state index in [-0.39, 0.29) is 23.4 Å². The van der Waals surface area contributed by atoms with Gasteiger partial charge in [-0.3, -0.25) is 4.79 Å². The van der Waals surface area contributed by atoms with Crippen LogP contribution in [0.15, 0.2) is 6.07 Å². The number of aromatic nitrogens is 1. The normalized spacial score (nSPS) is 28.9. The fourth-order valence-electron chi connectivity index (χ4n) is 3.95. The van der Waals surface area contributed by atoms with Gasteiger partial charge in [0.05, 0.1) is 0 Å². The Morgan fingerprint density at radius 2 is 2.10 bits per heavy atom. The number of fused-ring (bicyclic) bond motifs is 1. The number of likely N-dealkylation sites (N-methyl/N-ethyl adjacent to an activating group) is 1. The van der Waals surface area contributed by atoms with Gasteiger partial charge in [-0.25, -0.2) is 0 Å². The van der Waals surface area contributed by atoms with Gasteiger partial charge in [0, 0.05) is 31.0 Å². The van der Waals surface area contributed by atoms with E-state index in [0.717, 1.165) is 25.8 Å². The molecule has 2 aliphatic rings. The number of hydrogen-bond acceptors (Lipinski definition) is 2. The Morgan fingerprint density at radius 3 is 2.70 bits per heavy atom. The highest BCUT2D eigenvalue weighted by atomic mass is 16.2. The average Bonchev–Trinajstić information content (AvgIpc) is 2.80. The molecule has 1 aliphatic heterocycles. The van der Waals surface area contributed by atoms with Crippen molar-refractivity contribution in [1.82, 2.24) is 9.47 Å². The molecule has 1 aromatic heterocycles. The second-order valence-electron chi connectivity index (χ2n) is 7.27. The molecule has 110 valence electrons. The van der Waals surface area contributed by atoms with Crippen LogP contribution in [-0.4, -0.2) is 29.0 Å². The van der Waals surface area contributed by atoms with Crippen molar-refractivity contribution in [2.24, 2.45) is 11.1 Å². The van der Waals surface area contributed by atoms with E-state index in [0.29, 0.717) is 0 Å². The van der Waals surface area contributed by atoms with Crippen molar-refractivity contribution in [2.45, 2.75) is 52.1 Å². The van der Waals surface area contributed by atoms with Gasteiger partial charge in [0.15, 0.2) is 0 Å². The lowest BCUT2D eigenvalue weighted by Crippen LogP contribution is -2.32. The fraction of sp³-hybridized carbons (Fsp3) is 0.688. The van der Waals surface area contributed by atoms with Gasteiger partial charge in [-0.15, -0.1) is 0 Å². The maximum absolute atomic E-state index is 12.4. The van der Waals surface area contributed by atoms with Gasteiger partial charge < -0.3 is 15.2 Å². The molecule has 3 rings (SSSR count). The molecule has 0 aromatic carbocycles. The number of hydrogen-bond donors (Lipinski definition) is 1. The van der Waals surface area contributed by atoms with Crippen LogP contribution < -0.4 is 5.73 Å². The molecule has 1 amide bonds. The van der Waals surface area contributed by atoms with Crippen molar-refractivity contribution in [1.29, 1.82) is 0 Å². The Bertz CT molecular complexity index is 558. The van der Waals surface area contributed by atoms with E-state index in [1.165, 1.54) is 17.0 Å². The van der Waals surface area contributed by atoms with Gasteiger partial charge in [-0.05, 0) is 43.2 Å². The molecule has 1 fully saturated rings. The lowest BCUT2D eigenvalue weighted by molar-refractivity contribution is -0.129. The summed E-state index contributed by atoms with van der Waals surface area (Å²) in [7, 11) is 1.89. The van der Waals surface area contributed by atoms with E-state index >= 15 is 0 Å². The van der Waals surface area contributed by atoms with Gasteiger partial charge in [-0.1, -0.05) is 13.8 Å². The van der Waals surface area contributed by atoms with E-state index < -0.39 is 0 Å². The second kappa shape index (κ2) is 4.35. The van der Waals surface area contributed by atoms with E-state index in [1.54, 1.807) is 0 Å². The Labute approximate surface area is 120 Å². The summed E-state index contributed by atoms with van der Waals surface area (Å²) < 4.78 is 2.27.